The molecular weight excluding hydrogens is 394 g/mol. The van der Waals surface area contributed by atoms with E-state index in [0.29, 0.717) is 24.4 Å². The molecule has 31 heavy (non-hydrogen) atoms. The molecule has 1 aliphatic carbocycles. The predicted octanol–water partition coefficient (Wildman–Crippen LogP) is 3.39. The molecule has 8 heteroatoms. The Morgan fingerprint density at radius 1 is 1.29 bits per heavy atom. The van der Waals surface area contributed by atoms with E-state index in [-0.39, 0.29) is 23.4 Å². The SMILES string of the molecule is C/C(=C\N1CC=CC(Cc2cccc(NC(=O)c3cc(C)on3)c2)=N1)NC(=O)C1CC1. The summed E-state index contributed by atoms with van der Waals surface area (Å²) in [4.78, 5) is 24.2. The molecule has 2 amide bonds. The zero-order chi connectivity index (χ0) is 21.8. The van der Waals surface area contributed by atoms with Crippen molar-refractivity contribution in [2.75, 3.05) is 11.9 Å². The molecule has 1 saturated carbocycles. The lowest BCUT2D eigenvalue weighted by Gasteiger charge is -2.19. The van der Waals surface area contributed by atoms with Crippen molar-refractivity contribution in [3.63, 3.8) is 0 Å². The fourth-order valence-corrected chi connectivity index (χ4v) is 3.25. The number of aromatic nitrogens is 1. The number of carbonyl (C=O) groups excluding carboxylic acids is 2. The molecule has 4 rings (SSSR count). The van der Waals surface area contributed by atoms with Crippen molar-refractivity contribution >= 4 is 23.2 Å². The third-order valence-corrected chi connectivity index (χ3v) is 4.90. The van der Waals surface area contributed by atoms with Crippen LogP contribution in [-0.4, -0.2) is 34.2 Å². The minimum absolute atomic E-state index is 0.0881. The first-order chi connectivity index (χ1) is 15.0. The van der Waals surface area contributed by atoms with Crippen LogP contribution in [0.3, 0.4) is 0 Å². The van der Waals surface area contributed by atoms with Gasteiger partial charge in [0, 0.05) is 36.0 Å². The number of nitrogens with zero attached hydrogens (tertiary/aromatic N) is 3. The molecule has 0 atom stereocenters. The largest absolute Gasteiger partial charge is 0.361 e. The van der Waals surface area contributed by atoms with Gasteiger partial charge in [-0.15, -0.1) is 0 Å². The molecule has 2 aliphatic rings. The summed E-state index contributed by atoms with van der Waals surface area (Å²) in [6, 6.07) is 9.21. The standard InChI is InChI=1S/C23H25N5O3/c1-15(24-22(29)18-8-9-18)14-28-10-4-7-20(26-28)13-17-5-3-6-19(12-17)25-23(30)21-11-16(2)31-27-21/h3-7,11-12,14,18H,8-10,13H2,1-2H3,(H,24,29)(H,25,30)/b15-14+. The Kier molecular flexibility index (Phi) is 5.97. The lowest BCUT2D eigenvalue weighted by atomic mass is 10.1. The van der Waals surface area contributed by atoms with Crippen LogP contribution < -0.4 is 10.6 Å². The first-order valence-electron chi connectivity index (χ1n) is 10.3. The number of allylic oxidation sites excluding steroid dienone is 2. The van der Waals surface area contributed by atoms with Crippen molar-refractivity contribution in [2.45, 2.75) is 33.1 Å². The number of nitrogens with one attached hydrogen (secondary N) is 2. The molecule has 0 bridgehead atoms. The van der Waals surface area contributed by atoms with E-state index in [1.165, 1.54) is 0 Å². The van der Waals surface area contributed by atoms with Crippen LogP contribution in [0.1, 0.15) is 41.6 Å². The molecule has 0 radical (unpaired) electrons. The number of carbonyl (C=O) groups is 2. The molecule has 1 fully saturated rings. The number of hydrazone groups is 1. The fourth-order valence-electron chi connectivity index (χ4n) is 3.25. The van der Waals surface area contributed by atoms with E-state index >= 15 is 0 Å². The maximum Gasteiger partial charge on any atom is 0.277 e. The van der Waals surface area contributed by atoms with Crippen molar-refractivity contribution < 1.29 is 14.1 Å². The third-order valence-electron chi connectivity index (χ3n) is 4.90. The van der Waals surface area contributed by atoms with E-state index in [0.717, 1.165) is 29.8 Å². The second kappa shape index (κ2) is 8.99. The average molecular weight is 419 g/mol. The van der Waals surface area contributed by atoms with Gasteiger partial charge in [0.25, 0.3) is 5.91 Å². The van der Waals surface area contributed by atoms with Crippen LogP contribution in [0.2, 0.25) is 0 Å². The van der Waals surface area contributed by atoms with Gasteiger partial charge in [-0.3, -0.25) is 14.6 Å². The summed E-state index contributed by atoms with van der Waals surface area (Å²) in [5.74, 6) is 0.528. The number of aryl methyl sites for hydroxylation is 1. The topological polar surface area (TPSA) is 99.8 Å². The van der Waals surface area contributed by atoms with Crippen molar-refractivity contribution in [2.24, 2.45) is 11.0 Å². The maximum atomic E-state index is 12.3. The monoisotopic (exact) mass is 419 g/mol. The number of anilines is 1. The van der Waals surface area contributed by atoms with E-state index in [9.17, 15) is 9.59 Å². The zero-order valence-corrected chi connectivity index (χ0v) is 17.6. The molecule has 0 saturated heterocycles. The van der Waals surface area contributed by atoms with Crippen LogP contribution in [0, 0.1) is 12.8 Å². The summed E-state index contributed by atoms with van der Waals surface area (Å²) in [5, 5.41) is 16.0. The number of benzene rings is 1. The molecule has 1 aromatic heterocycles. The highest BCUT2D eigenvalue weighted by molar-refractivity contribution is 6.03. The summed E-state index contributed by atoms with van der Waals surface area (Å²) in [5.41, 5.74) is 3.61. The highest BCUT2D eigenvalue weighted by Gasteiger charge is 2.29. The van der Waals surface area contributed by atoms with E-state index in [1.54, 1.807) is 13.0 Å². The lowest BCUT2D eigenvalue weighted by molar-refractivity contribution is -0.121. The molecule has 2 N–H and O–H groups in total. The van der Waals surface area contributed by atoms with Gasteiger partial charge in [0.05, 0.1) is 12.3 Å². The smallest absolute Gasteiger partial charge is 0.277 e. The lowest BCUT2D eigenvalue weighted by Crippen LogP contribution is -2.26. The molecule has 2 aromatic rings. The van der Waals surface area contributed by atoms with E-state index in [1.807, 2.05) is 54.6 Å². The maximum absolute atomic E-state index is 12.3. The molecular formula is C23H25N5O3. The normalized spacial score (nSPS) is 16.1. The summed E-state index contributed by atoms with van der Waals surface area (Å²) in [6.07, 6.45) is 8.44. The average Bonchev–Trinajstić information content (AvgIpc) is 3.49. The number of amides is 2. The highest BCUT2D eigenvalue weighted by atomic mass is 16.5. The summed E-state index contributed by atoms with van der Waals surface area (Å²) in [7, 11) is 0. The van der Waals surface area contributed by atoms with Crippen LogP contribution in [0.4, 0.5) is 5.69 Å². The molecule has 1 aliphatic heterocycles. The predicted molar refractivity (Wildman–Crippen MR) is 117 cm³/mol. The molecule has 1 aromatic carbocycles. The Balaban J connectivity index is 1.38. The molecule has 2 heterocycles. The van der Waals surface area contributed by atoms with Crippen molar-refractivity contribution in [3.8, 4) is 0 Å². The Morgan fingerprint density at radius 3 is 2.87 bits per heavy atom. The number of hydrogen-bond acceptors (Lipinski definition) is 6. The minimum Gasteiger partial charge on any atom is -0.361 e. The van der Waals surface area contributed by atoms with Gasteiger partial charge in [0.15, 0.2) is 5.69 Å². The molecule has 160 valence electrons. The van der Waals surface area contributed by atoms with Crippen molar-refractivity contribution in [3.05, 3.63) is 71.4 Å². The van der Waals surface area contributed by atoms with Crippen LogP contribution in [0.15, 0.2) is 64.0 Å². The molecule has 0 unspecified atom stereocenters. The Morgan fingerprint density at radius 2 is 2.13 bits per heavy atom. The van der Waals surface area contributed by atoms with Gasteiger partial charge in [-0.2, -0.15) is 5.10 Å². The van der Waals surface area contributed by atoms with Crippen molar-refractivity contribution in [1.29, 1.82) is 0 Å². The van der Waals surface area contributed by atoms with Crippen LogP contribution in [-0.2, 0) is 11.2 Å². The second-order valence-corrected chi connectivity index (χ2v) is 7.85. The number of hydrogen-bond donors (Lipinski definition) is 2. The van der Waals surface area contributed by atoms with Gasteiger partial charge in [-0.05, 0) is 50.5 Å². The second-order valence-electron chi connectivity index (χ2n) is 7.85. The number of rotatable bonds is 7. The fraction of sp³-hybridized carbons (Fsp3) is 0.304. The zero-order valence-electron chi connectivity index (χ0n) is 17.6. The summed E-state index contributed by atoms with van der Waals surface area (Å²) >= 11 is 0. The Hall–Kier alpha value is -3.68. The summed E-state index contributed by atoms with van der Waals surface area (Å²) in [6.45, 7) is 4.26. The van der Waals surface area contributed by atoms with Gasteiger partial charge in [0.2, 0.25) is 5.91 Å². The quantitative estimate of drug-likeness (QED) is 0.717. The van der Waals surface area contributed by atoms with Gasteiger partial charge in [-0.1, -0.05) is 23.4 Å². The summed E-state index contributed by atoms with van der Waals surface area (Å²) < 4.78 is 4.95. The van der Waals surface area contributed by atoms with E-state index in [4.69, 9.17) is 4.52 Å². The van der Waals surface area contributed by atoms with Crippen LogP contribution >= 0.6 is 0 Å². The van der Waals surface area contributed by atoms with E-state index in [2.05, 4.69) is 20.9 Å². The highest BCUT2D eigenvalue weighted by Crippen LogP contribution is 2.29. The van der Waals surface area contributed by atoms with Gasteiger partial charge in [-0.25, -0.2) is 0 Å². The molecule has 0 spiro atoms. The first kappa shape index (κ1) is 20.6. The van der Waals surface area contributed by atoms with E-state index < -0.39 is 0 Å². The minimum atomic E-state index is -0.316. The first-order valence-corrected chi connectivity index (χ1v) is 10.3. The Bertz CT molecular complexity index is 1080. The van der Waals surface area contributed by atoms with Gasteiger partial charge < -0.3 is 15.2 Å². The van der Waals surface area contributed by atoms with Gasteiger partial charge >= 0.3 is 0 Å². The van der Waals surface area contributed by atoms with Crippen LogP contribution in [0.25, 0.3) is 0 Å². The third kappa shape index (κ3) is 5.69. The van der Waals surface area contributed by atoms with Crippen LogP contribution in [0.5, 0.6) is 0 Å². The van der Waals surface area contributed by atoms with Crippen molar-refractivity contribution in [1.82, 2.24) is 15.5 Å². The van der Waals surface area contributed by atoms with Gasteiger partial charge in [0.1, 0.15) is 5.76 Å². The molecule has 8 nitrogen and oxygen atoms in total. The Labute approximate surface area is 180 Å².